The number of fused-ring (bicyclic) bond motifs is 1. The number of thiazole rings is 1. The van der Waals surface area contributed by atoms with E-state index in [9.17, 15) is 4.79 Å². The molecule has 0 unspecified atom stereocenters. The first-order valence-corrected chi connectivity index (χ1v) is 8.22. The van der Waals surface area contributed by atoms with Crippen molar-refractivity contribution in [3.8, 4) is 0 Å². The highest BCUT2D eigenvalue weighted by Crippen LogP contribution is 2.40. The molecule has 1 aliphatic carbocycles. The van der Waals surface area contributed by atoms with E-state index in [0.29, 0.717) is 10.1 Å². The largest absolute Gasteiger partial charge is 0.392 e. The van der Waals surface area contributed by atoms with Gasteiger partial charge in [-0.1, -0.05) is 42.5 Å². The summed E-state index contributed by atoms with van der Waals surface area (Å²) in [6, 6.07) is 6.05. The van der Waals surface area contributed by atoms with Gasteiger partial charge < -0.3 is 11.1 Å². The summed E-state index contributed by atoms with van der Waals surface area (Å²) in [6.45, 7) is 2.04. The number of nitrogens with zero attached hydrogens (tertiary/aromatic N) is 1. The van der Waals surface area contributed by atoms with Crippen LogP contribution >= 0.6 is 23.6 Å². The first-order valence-electron chi connectivity index (χ1n) is 7.00. The summed E-state index contributed by atoms with van der Waals surface area (Å²) >= 11 is 6.62. The summed E-state index contributed by atoms with van der Waals surface area (Å²) < 4.78 is 1.07. The molecule has 1 aliphatic rings. The van der Waals surface area contributed by atoms with E-state index in [2.05, 4.69) is 16.4 Å². The first kappa shape index (κ1) is 14.4. The van der Waals surface area contributed by atoms with Crippen LogP contribution < -0.4 is 11.1 Å². The molecular weight excluding hydrogens is 302 g/mol. The van der Waals surface area contributed by atoms with Gasteiger partial charge in [-0.05, 0) is 37.5 Å². The predicted octanol–water partition coefficient (Wildman–Crippen LogP) is 3.39. The van der Waals surface area contributed by atoms with Crippen LogP contribution in [0.3, 0.4) is 0 Å². The fraction of sp³-hybridized carbons (Fsp3) is 0.400. The van der Waals surface area contributed by atoms with Gasteiger partial charge in [-0.25, -0.2) is 4.98 Å². The third-order valence-corrected chi connectivity index (χ3v) is 5.45. The Morgan fingerprint density at radius 2 is 2.14 bits per heavy atom. The molecule has 0 aliphatic heterocycles. The van der Waals surface area contributed by atoms with Crippen molar-refractivity contribution in [3.05, 3.63) is 23.8 Å². The van der Waals surface area contributed by atoms with Crippen LogP contribution in [0.2, 0.25) is 0 Å². The predicted molar refractivity (Wildman–Crippen MR) is 90.7 cm³/mol. The van der Waals surface area contributed by atoms with Crippen molar-refractivity contribution < 1.29 is 4.79 Å². The van der Waals surface area contributed by atoms with Crippen molar-refractivity contribution in [1.82, 2.24) is 4.98 Å². The van der Waals surface area contributed by atoms with Gasteiger partial charge in [0.15, 0.2) is 5.13 Å². The third kappa shape index (κ3) is 2.53. The summed E-state index contributed by atoms with van der Waals surface area (Å²) in [7, 11) is 0. The molecule has 1 aromatic carbocycles. The zero-order valence-corrected chi connectivity index (χ0v) is 13.4. The lowest BCUT2D eigenvalue weighted by atomic mass is 9.85. The molecule has 110 valence electrons. The third-order valence-electron chi connectivity index (χ3n) is 4.13. The number of anilines is 1. The highest BCUT2D eigenvalue weighted by Gasteiger charge is 2.44. The number of nitrogens with one attached hydrogen (secondary N) is 1. The second-order valence-corrected chi connectivity index (χ2v) is 7.07. The van der Waals surface area contributed by atoms with Crippen molar-refractivity contribution in [2.75, 3.05) is 5.32 Å². The number of rotatable bonds is 3. The van der Waals surface area contributed by atoms with E-state index in [4.69, 9.17) is 18.0 Å². The summed E-state index contributed by atoms with van der Waals surface area (Å²) in [5, 5.41) is 3.53. The molecule has 0 radical (unpaired) electrons. The molecule has 1 fully saturated rings. The maximum absolute atomic E-state index is 12.6. The number of benzene rings is 1. The molecule has 6 heteroatoms. The van der Waals surface area contributed by atoms with Crippen LogP contribution in [0.15, 0.2) is 18.2 Å². The van der Waals surface area contributed by atoms with Crippen LogP contribution in [-0.4, -0.2) is 15.9 Å². The van der Waals surface area contributed by atoms with Gasteiger partial charge in [-0.2, -0.15) is 0 Å². The van der Waals surface area contributed by atoms with Crippen LogP contribution in [0, 0.1) is 12.3 Å². The zero-order chi connectivity index (χ0) is 15.0. The Morgan fingerprint density at radius 1 is 1.43 bits per heavy atom. The molecule has 0 bridgehead atoms. The molecule has 4 nitrogen and oxygen atoms in total. The van der Waals surface area contributed by atoms with Gasteiger partial charge in [-0.15, -0.1) is 0 Å². The summed E-state index contributed by atoms with van der Waals surface area (Å²) in [6.07, 6.45) is 3.45. The second-order valence-electron chi connectivity index (χ2n) is 5.60. The fourth-order valence-electron chi connectivity index (χ4n) is 2.87. The molecule has 0 saturated heterocycles. The Labute approximate surface area is 132 Å². The molecular formula is C15H17N3OS2. The van der Waals surface area contributed by atoms with E-state index in [1.165, 1.54) is 16.9 Å². The first-order chi connectivity index (χ1) is 10.0. The molecule has 21 heavy (non-hydrogen) atoms. The molecule has 3 N–H and O–H groups in total. The summed E-state index contributed by atoms with van der Waals surface area (Å²) in [5.41, 5.74) is 7.22. The van der Waals surface area contributed by atoms with Crippen LogP contribution in [-0.2, 0) is 4.79 Å². The molecule has 0 spiro atoms. The lowest BCUT2D eigenvalue weighted by molar-refractivity contribution is -0.122. The summed E-state index contributed by atoms with van der Waals surface area (Å²) in [4.78, 5) is 17.4. The Balaban J connectivity index is 1.87. The topological polar surface area (TPSA) is 68.0 Å². The Morgan fingerprint density at radius 3 is 2.81 bits per heavy atom. The van der Waals surface area contributed by atoms with Crippen LogP contribution in [0.5, 0.6) is 0 Å². The average Bonchev–Trinajstić information content (AvgIpc) is 3.04. The molecule has 1 heterocycles. The van der Waals surface area contributed by atoms with E-state index in [1.807, 2.05) is 19.1 Å². The van der Waals surface area contributed by atoms with E-state index in [1.54, 1.807) is 0 Å². The number of carbonyl (C=O) groups is 1. The van der Waals surface area contributed by atoms with Gasteiger partial charge in [0.1, 0.15) is 0 Å². The van der Waals surface area contributed by atoms with E-state index < -0.39 is 5.41 Å². The highest BCUT2D eigenvalue weighted by atomic mass is 32.1. The molecule has 1 saturated carbocycles. The van der Waals surface area contributed by atoms with Crippen molar-refractivity contribution in [3.63, 3.8) is 0 Å². The highest BCUT2D eigenvalue weighted by molar-refractivity contribution is 7.80. The van der Waals surface area contributed by atoms with E-state index in [-0.39, 0.29) is 5.91 Å². The molecule has 1 aromatic heterocycles. The number of aromatic nitrogens is 1. The minimum absolute atomic E-state index is 0.108. The number of hydrogen-bond donors (Lipinski definition) is 2. The molecule has 1 amide bonds. The number of thiocarbonyl (C=S) groups is 1. The Hall–Kier alpha value is -1.53. The fourth-order valence-corrected chi connectivity index (χ4v) is 4.12. The maximum atomic E-state index is 12.6. The van der Waals surface area contributed by atoms with Crippen molar-refractivity contribution in [2.24, 2.45) is 11.1 Å². The van der Waals surface area contributed by atoms with Gasteiger partial charge in [0.2, 0.25) is 5.91 Å². The smallest absolute Gasteiger partial charge is 0.239 e. The van der Waals surface area contributed by atoms with Crippen molar-refractivity contribution in [1.29, 1.82) is 0 Å². The Kier molecular flexibility index (Phi) is 3.67. The van der Waals surface area contributed by atoms with Gasteiger partial charge in [0, 0.05) is 0 Å². The standard InChI is InChI=1S/C15H17N3OS2/c1-9-4-5-10-11(8-9)21-14(17-10)18-13(19)15(12(16)20)6-2-3-7-15/h4-5,8H,2-3,6-7H2,1H3,(H2,16,20)(H,17,18,19). The monoisotopic (exact) mass is 319 g/mol. The Bertz CT molecular complexity index is 717. The van der Waals surface area contributed by atoms with E-state index in [0.717, 1.165) is 35.9 Å². The van der Waals surface area contributed by atoms with E-state index >= 15 is 0 Å². The molecule has 3 rings (SSSR count). The van der Waals surface area contributed by atoms with Crippen LogP contribution in [0.25, 0.3) is 10.2 Å². The second kappa shape index (κ2) is 5.35. The zero-order valence-electron chi connectivity index (χ0n) is 11.8. The lowest BCUT2D eigenvalue weighted by Crippen LogP contribution is -2.43. The average molecular weight is 319 g/mol. The number of carbonyl (C=O) groups excluding carboxylic acids is 1. The van der Waals surface area contributed by atoms with Crippen molar-refractivity contribution >= 4 is 49.8 Å². The van der Waals surface area contributed by atoms with Gasteiger partial charge in [-0.3, -0.25) is 4.79 Å². The minimum atomic E-state index is -0.691. The SMILES string of the molecule is Cc1ccc2nc(NC(=O)C3(C(N)=S)CCCC3)sc2c1. The van der Waals surface area contributed by atoms with Crippen LogP contribution in [0.1, 0.15) is 31.2 Å². The molecule has 2 aromatic rings. The quantitative estimate of drug-likeness (QED) is 0.851. The number of nitrogens with two attached hydrogens (primary N) is 1. The minimum Gasteiger partial charge on any atom is -0.392 e. The van der Waals surface area contributed by atoms with Gasteiger partial charge in [0.25, 0.3) is 0 Å². The number of hydrogen-bond acceptors (Lipinski definition) is 4. The van der Waals surface area contributed by atoms with Crippen molar-refractivity contribution in [2.45, 2.75) is 32.6 Å². The maximum Gasteiger partial charge on any atom is 0.239 e. The number of aryl methyl sites for hydroxylation is 1. The molecule has 0 atom stereocenters. The van der Waals surface area contributed by atoms with Crippen LogP contribution in [0.4, 0.5) is 5.13 Å². The normalized spacial score (nSPS) is 17.0. The number of amides is 1. The summed E-state index contributed by atoms with van der Waals surface area (Å²) in [5.74, 6) is -0.108. The van der Waals surface area contributed by atoms with Gasteiger partial charge in [0.05, 0.1) is 20.6 Å². The van der Waals surface area contributed by atoms with Gasteiger partial charge >= 0.3 is 0 Å². The lowest BCUT2D eigenvalue weighted by Gasteiger charge is -2.25.